The zero-order chi connectivity index (χ0) is 12.1. The molecule has 1 aliphatic carbocycles. The van der Waals surface area contributed by atoms with Gasteiger partial charge in [-0.15, -0.1) is 0 Å². The summed E-state index contributed by atoms with van der Waals surface area (Å²) in [7, 11) is 0. The Morgan fingerprint density at radius 1 is 1.18 bits per heavy atom. The second kappa shape index (κ2) is 5.54. The van der Waals surface area contributed by atoms with E-state index in [-0.39, 0.29) is 0 Å². The maximum absolute atomic E-state index is 5.44. The van der Waals surface area contributed by atoms with Crippen molar-refractivity contribution in [2.45, 2.75) is 51.6 Å². The van der Waals surface area contributed by atoms with E-state index in [1.165, 1.54) is 31.2 Å². The van der Waals surface area contributed by atoms with Crippen molar-refractivity contribution in [1.29, 1.82) is 0 Å². The van der Waals surface area contributed by atoms with Crippen LogP contribution >= 0.6 is 0 Å². The van der Waals surface area contributed by atoms with Gasteiger partial charge in [-0.2, -0.15) is 0 Å². The highest BCUT2D eigenvalue weighted by Crippen LogP contribution is 2.29. The van der Waals surface area contributed by atoms with Crippen LogP contribution in [-0.4, -0.2) is 12.1 Å². The van der Waals surface area contributed by atoms with Crippen LogP contribution in [0.5, 0.6) is 5.75 Å². The molecule has 1 aliphatic rings. The Balaban J connectivity index is 1.86. The van der Waals surface area contributed by atoms with Crippen LogP contribution in [0.25, 0.3) is 0 Å². The molecule has 1 saturated carbocycles. The van der Waals surface area contributed by atoms with Crippen molar-refractivity contribution in [3.63, 3.8) is 0 Å². The van der Waals surface area contributed by atoms with E-state index in [2.05, 4.69) is 36.5 Å². The van der Waals surface area contributed by atoms with Crippen molar-refractivity contribution in [2.75, 3.05) is 6.61 Å². The van der Waals surface area contributed by atoms with Crippen LogP contribution in [0.4, 0.5) is 0 Å². The molecule has 0 unspecified atom stereocenters. The molecule has 2 heteroatoms. The zero-order valence-corrected chi connectivity index (χ0v) is 11.0. The minimum atomic E-state index is 0.360. The lowest BCUT2D eigenvalue weighted by Crippen LogP contribution is -2.38. The average molecular weight is 233 g/mol. The molecule has 0 saturated heterocycles. The van der Waals surface area contributed by atoms with Crippen molar-refractivity contribution in [2.24, 2.45) is 0 Å². The smallest absolute Gasteiger partial charge is 0.119 e. The summed E-state index contributed by atoms with van der Waals surface area (Å²) in [6, 6.07) is 8.40. The van der Waals surface area contributed by atoms with E-state index in [0.29, 0.717) is 5.54 Å². The molecule has 0 atom stereocenters. The van der Waals surface area contributed by atoms with Crippen molar-refractivity contribution < 1.29 is 4.74 Å². The van der Waals surface area contributed by atoms with Crippen LogP contribution in [0.3, 0.4) is 0 Å². The third-order valence-corrected chi connectivity index (χ3v) is 3.66. The van der Waals surface area contributed by atoms with Crippen molar-refractivity contribution >= 4 is 0 Å². The van der Waals surface area contributed by atoms with E-state index in [0.717, 1.165) is 18.9 Å². The molecule has 1 N–H and O–H groups in total. The lowest BCUT2D eigenvalue weighted by molar-refractivity contribution is 0.339. The summed E-state index contributed by atoms with van der Waals surface area (Å²) in [5.41, 5.74) is 1.69. The molecule has 0 aliphatic heterocycles. The van der Waals surface area contributed by atoms with Gasteiger partial charge in [-0.05, 0) is 44.4 Å². The van der Waals surface area contributed by atoms with Crippen molar-refractivity contribution in [3.05, 3.63) is 29.8 Å². The van der Waals surface area contributed by atoms with Gasteiger partial charge in [0.05, 0.1) is 6.61 Å². The van der Waals surface area contributed by atoms with Crippen LogP contribution in [-0.2, 0) is 6.54 Å². The lowest BCUT2D eigenvalue weighted by atomic mass is 10.0. The predicted molar refractivity (Wildman–Crippen MR) is 71.3 cm³/mol. The Bertz CT molecular complexity index is 338. The Hall–Kier alpha value is -1.02. The topological polar surface area (TPSA) is 21.3 Å². The molecule has 1 aromatic rings. The second-order valence-electron chi connectivity index (χ2n) is 5.20. The molecule has 0 radical (unpaired) electrons. The van der Waals surface area contributed by atoms with Gasteiger partial charge in [0.25, 0.3) is 0 Å². The Morgan fingerprint density at radius 3 is 2.41 bits per heavy atom. The fourth-order valence-corrected chi connectivity index (χ4v) is 2.52. The first kappa shape index (κ1) is 12.4. The van der Waals surface area contributed by atoms with Gasteiger partial charge >= 0.3 is 0 Å². The second-order valence-corrected chi connectivity index (χ2v) is 5.20. The molecule has 1 fully saturated rings. The van der Waals surface area contributed by atoms with E-state index >= 15 is 0 Å². The molecule has 0 spiro atoms. The van der Waals surface area contributed by atoms with E-state index in [1.807, 2.05) is 6.92 Å². The first-order chi connectivity index (χ1) is 8.22. The van der Waals surface area contributed by atoms with Gasteiger partial charge in [0, 0.05) is 12.1 Å². The van der Waals surface area contributed by atoms with E-state index < -0.39 is 0 Å². The lowest BCUT2D eigenvalue weighted by Gasteiger charge is -2.25. The van der Waals surface area contributed by atoms with E-state index in [9.17, 15) is 0 Å². The minimum absolute atomic E-state index is 0.360. The molecule has 17 heavy (non-hydrogen) atoms. The first-order valence-electron chi connectivity index (χ1n) is 6.69. The number of rotatable bonds is 5. The van der Waals surface area contributed by atoms with Crippen LogP contribution in [0.1, 0.15) is 45.1 Å². The number of benzene rings is 1. The molecule has 1 aromatic carbocycles. The van der Waals surface area contributed by atoms with Gasteiger partial charge in [0.1, 0.15) is 5.75 Å². The summed E-state index contributed by atoms with van der Waals surface area (Å²) in [6.45, 7) is 6.05. The highest BCUT2D eigenvalue weighted by atomic mass is 16.5. The standard InChI is InChI=1S/C15H23NO/c1-3-17-14-8-6-13(7-9-14)12-16-15(2)10-4-5-11-15/h6-9,16H,3-5,10-12H2,1-2H3. The third-order valence-electron chi connectivity index (χ3n) is 3.66. The van der Waals surface area contributed by atoms with Crippen LogP contribution in [0.2, 0.25) is 0 Å². The number of nitrogens with one attached hydrogen (secondary N) is 1. The van der Waals surface area contributed by atoms with Gasteiger partial charge in [-0.1, -0.05) is 25.0 Å². The summed E-state index contributed by atoms with van der Waals surface area (Å²) in [5.74, 6) is 0.961. The first-order valence-corrected chi connectivity index (χ1v) is 6.69. The maximum atomic E-state index is 5.44. The van der Waals surface area contributed by atoms with Gasteiger partial charge in [-0.3, -0.25) is 0 Å². The Kier molecular flexibility index (Phi) is 4.06. The molecular weight excluding hydrogens is 210 g/mol. The van der Waals surface area contributed by atoms with Gasteiger partial charge in [0.15, 0.2) is 0 Å². The number of hydrogen-bond donors (Lipinski definition) is 1. The largest absolute Gasteiger partial charge is 0.494 e. The molecule has 0 heterocycles. The molecule has 94 valence electrons. The van der Waals surface area contributed by atoms with Crippen LogP contribution in [0, 0.1) is 0 Å². The SMILES string of the molecule is CCOc1ccc(CNC2(C)CCCC2)cc1. The minimum Gasteiger partial charge on any atom is -0.494 e. The predicted octanol–water partition coefficient (Wildman–Crippen LogP) is 3.51. The molecular formula is C15H23NO. The fourth-order valence-electron chi connectivity index (χ4n) is 2.52. The van der Waals surface area contributed by atoms with Gasteiger partial charge in [0.2, 0.25) is 0 Å². The summed E-state index contributed by atoms with van der Waals surface area (Å²) in [5, 5.41) is 3.68. The van der Waals surface area contributed by atoms with Crippen LogP contribution < -0.4 is 10.1 Å². The zero-order valence-electron chi connectivity index (χ0n) is 11.0. The normalized spacial score (nSPS) is 18.2. The molecule has 0 amide bonds. The quantitative estimate of drug-likeness (QED) is 0.840. The molecule has 0 bridgehead atoms. The highest BCUT2D eigenvalue weighted by molar-refractivity contribution is 5.27. The van der Waals surface area contributed by atoms with Crippen LogP contribution in [0.15, 0.2) is 24.3 Å². The summed E-state index contributed by atoms with van der Waals surface area (Å²) < 4.78 is 5.44. The van der Waals surface area contributed by atoms with E-state index in [4.69, 9.17) is 4.74 Å². The Labute approximate surface area is 104 Å². The van der Waals surface area contributed by atoms with Gasteiger partial charge < -0.3 is 10.1 Å². The van der Waals surface area contributed by atoms with E-state index in [1.54, 1.807) is 0 Å². The van der Waals surface area contributed by atoms with Crippen molar-refractivity contribution in [3.8, 4) is 5.75 Å². The third kappa shape index (κ3) is 3.47. The summed E-state index contributed by atoms with van der Waals surface area (Å²) >= 11 is 0. The Morgan fingerprint density at radius 2 is 1.82 bits per heavy atom. The summed E-state index contributed by atoms with van der Waals surface area (Å²) in [6.07, 6.45) is 5.35. The highest BCUT2D eigenvalue weighted by Gasteiger charge is 2.27. The number of hydrogen-bond acceptors (Lipinski definition) is 2. The number of ether oxygens (including phenoxy) is 1. The van der Waals surface area contributed by atoms with Gasteiger partial charge in [-0.25, -0.2) is 0 Å². The van der Waals surface area contributed by atoms with Crippen molar-refractivity contribution in [1.82, 2.24) is 5.32 Å². The fraction of sp³-hybridized carbons (Fsp3) is 0.600. The molecule has 2 nitrogen and oxygen atoms in total. The maximum Gasteiger partial charge on any atom is 0.119 e. The molecule has 2 rings (SSSR count). The monoisotopic (exact) mass is 233 g/mol. The average Bonchev–Trinajstić information content (AvgIpc) is 2.76. The summed E-state index contributed by atoms with van der Waals surface area (Å²) in [4.78, 5) is 0. The molecule has 0 aromatic heterocycles.